The summed E-state index contributed by atoms with van der Waals surface area (Å²) in [6, 6.07) is 10.3. The summed E-state index contributed by atoms with van der Waals surface area (Å²) in [4.78, 5) is 11.9. The van der Waals surface area contributed by atoms with Gasteiger partial charge in [-0.1, -0.05) is 69.4 Å². The maximum absolute atomic E-state index is 11.9. The van der Waals surface area contributed by atoms with Crippen LogP contribution in [0, 0.1) is 5.92 Å². The number of benzene rings is 1. The molecule has 0 aliphatic heterocycles. The summed E-state index contributed by atoms with van der Waals surface area (Å²) >= 11 is 0. The molecule has 2 atom stereocenters. The van der Waals surface area contributed by atoms with Crippen LogP contribution in [-0.2, 0) is 9.53 Å². The van der Waals surface area contributed by atoms with Crippen molar-refractivity contribution in [2.75, 3.05) is 6.61 Å². The van der Waals surface area contributed by atoms with Gasteiger partial charge >= 0.3 is 5.97 Å². The number of unbranched alkanes of at least 4 members (excludes halogenated alkanes) is 5. The Balaban J connectivity index is 1.56. The lowest BCUT2D eigenvalue weighted by Crippen LogP contribution is -2.09. The molecule has 2 unspecified atom stereocenters. The number of ether oxygens (including phenoxy) is 1. The van der Waals surface area contributed by atoms with Crippen LogP contribution in [0.1, 0.15) is 63.4 Å². The van der Waals surface area contributed by atoms with E-state index in [-0.39, 0.29) is 11.9 Å². The first-order valence-electron chi connectivity index (χ1n) is 8.04. The van der Waals surface area contributed by atoms with Crippen molar-refractivity contribution in [3.63, 3.8) is 0 Å². The molecule has 0 N–H and O–H groups in total. The second kappa shape index (κ2) is 8.08. The molecule has 1 fully saturated rings. The van der Waals surface area contributed by atoms with Crippen LogP contribution in [0.25, 0.3) is 0 Å². The van der Waals surface area contributed by atoms with Gasteiger partial charge in [-0.15, -0.1) is 0 Å². The Labute approximate surface area is 122 Å². The third kappa shape index (κ3) is 4.66. The van der Waals surface area contributed by atoms with Gasteiger partial charge in [0.1, 0.15) is 0 Å². The summed E-state index contributed by atoms with van der Waals surface area (Å²) in [5.41, 5.74) is 1.27. The molecule has 1 aromatic rings. The zero-order valence-corrected chi connectivity index (χ0v) is 12.5. The molecule has 0 heterocycles. The Bertz CT molecular complexity index is 399. The van der Waals surface area contributed by atoms with Crippen LogP contribution in [0.5, 0.6) is 0 Å². The van der Waals surface area contributed by atoms with Gasteiger partial charge in [0, 0.05) is 0 Å². The van der Waals surface area contributed by atoms with Gasteiger partial charge in [-0.05, 0) is 24.3 Å². The smallest absolute Gasteiger partial charge is 0.309 e. The monoisotopic (exact) mass is 274 g/mol. The lowest BCUT2D eigenvalue weighted by molar-refractivity contribution is -0.145. The molecule has 0 saturated heterocycles. The summed E-state index contributed by atoms with van der Waals surface area (Å²) in [5.74, 6) is 0.512. The Morgan fingerprint density at radius 1 is 1.10 bits per heavy atom. The van der Waals surface area contributed by atoms with Gasteiger partial charge in [-0.3, -0.25) is 4.79 Å². The number of hydrogen-bond donors (Lipinski definition) is 0. The van der Waals surface area contributed by atoms with E-state index in [1.807, 2.05) is 18.2 Å². The lowest BCUT2D eigenvalue weighted by Gasteiger charge is -2.05. The van der Waals surface area contributed by atoms with Gasteiger partial charge in [0.05, 0.1) is 12.5 Å². The van der Waals surface area contributed by atoms with Crippen LogP contribution in [0.4, 0.5) is 0 Å². The molecule has 1 saturated carbocycles. The van der Waals surface area contributed by atoms with Gasteiger partial charge in [0.15, 0.2) is 0 Å². The third-order valence-corrected chi connectivity index (χ3v) is 4.06. The highest BCUT2D eigenvalue weighted by Gasteiger charge is 2.44. The normalized spacial score (nSPS) is 20.6. The zero-order chi connectivity index (χ0) is 14.2. The number of carbonyl (C=O) groups is 1. The molecule has 2 nitrogen and oxygen atoms in total. The maximum Gasteiger partial charge on any atom is 0.309 e. The minimum atomic E-state index is 0.00686. The van der Waals surface area contributed by atoms with Gasteiger partial charge < -0.3 is 4.74 Å². The topological polar surface area (TPSA) is 26.3 Å². The Morgan fingerprint density at radius 3 is 2.55 bits per heavy atom. The predicted molar refractivity (Wildman–Crippen MR) is 81.6 cm³/mol. The molecule has 0 amide bonds. The van der Waals surface area contributed by atoms with E-state index in [1.54, 1.807) is 0 Å². The second-order valence-electron chi connectivity index (χ2n) is 5.79. The van der Waals surface area contributed by atoms with Gasteiger partial charge in [-0.2, -0.15) is 0 Å². The highest BCUT2D eigenvalue weighted by Crippen LogP contribution is 2.48. The van der Waals surface area contributed by atoms with Crippen LogP contribution < -0.4 is 0 Å². The van der Waals surface area contributed by atoms with Crippen molar-refractivity contribution in [1.82, 2.24) is 0 Å². The summed E-state index contributed by atoms with van der Waals surface area (Å²) in [7, 11) is 0. The summed E-state index contributed by atoms with van der Waals surface area (Å²) in [6.07, 6.45) is 8.32. The van der Waals surface area contributed by atoms with Crippen LogP contribution >= 0.6 is 0 Å². The molecule has 110 valence electrons. The second-order valence-corrected chi connectivity index (χ2v) is 5.79. The van der Waals surface area contributed by atoms with E-state index in [1.165, 1.54) is 37.7 Å². The Morgan fingerprint density at radius 2 is 1.80 bits per heavy atom. The Hall–Kier alpha value is -1.31. The summed E-state index contributed by atoms with van der Waals surface area (Å²) in [5, 5.41) is 0. The average Bonchev–Trinajstić information content (AvgIpc) is 3.27. The molecule has 2 heteroatoms. The minimum absolute atomic E-state index is 0.00686. The molecule has 1 aliphatic rings. The van der Waals surface area contributed by atoms with Gasteiger partial charge in [0.25, 0.3) is 0 Å². The Kier molecular flexibility index (Phi) is 6.10. The minimum Gasteiger partial charge on any atom is -0.465 e. The fourth-order valence-corrected chi connectivity index (χ4v) is 2.69. The molecular weight excluding hydrogens is 248 g/mol. The summed E-state index contributed by atoms with van der Waals surface area (Å²) in [6.45, 7) is 2.82. The van der Waals surface area contributed by atoms with Crippen LogP contribution in [0.3, 0.4) is 0 Å². The van der Waals surface area contributed by atoms with E-state index in [2.05, 4.69) is 19.1 Å². The maximum atomic E-state index is 11.9. The van der Waals surface area contributed by atoms with E-state index in [0.29, 0.717) is 12.5 Å². The SMILES string of the molecule is CCCCCCCCOC(=O)C1CC1c1ccccc1. The van der Waals surface area contributed by atoms with Crippen molar-refractivity contribution in [3.8, 4) is 0 Å². The number of rotatable bonds is 9. The average molecular weight is 274 g/mol. The van der Waals surface area contributed by atoms with Gasteiger partial charge in [-0.25, -0.2) is 0 Å². The summed E-state index contributed by atoms with van der Waals surface area (Å²) < 4.78 is 5.39. The van der Waals surface area contributed by atoms with E-state index in [9.17, 15) is 4.79 Å². The fraction of sp³-hybridized carbons (Fsp3) is 0.611. The lowest BCUT2D eigenvalue weighted by atomic mass is 10.1. The third-order valence-electron chi connectivity index (χ3n) is 4.06. The molecule has 0 bridgehead atoms. The molecule has 2 rings (SSSR count). The molecule has 0 radical (unpaired) electrons. The molecular formula is C18H26O2. The first-order valence-corrected chi connectivity index (χ1v) is 8.04. The van der Waals surface area contributed by atoms with Crippen molar-refractivity contribution in [2.24, 2.45) is 5.92 Å². The number of esters is 1. The molecule has 1 aliphatic carbocycles. The molecule has 0 spiro atoms. The first-order chi connectivity index (χ1) is 9.83. The number of carbonyl (C=O) groups excluding carboxylic acids is 1. The quantitative estimate of drug-likeness (QED) is 0.482. The molecule has 20 heavy (non-hydrogen) atoms. The highest BCUT2D eigenvalue weighted by atomic mass is 16.5. The van der Waals surface area contributed by atoms with Crippen LogP contribution in [0.15, 0.2) is 30.3 Å². The zero-order valence-electron chi connectivity index (χ0n) is 12.5. The molecule has 1 aromatic carbocycles. The predicted octanol–water partition coefficient (Wildman–Crippen LogP) is 4.69. The van der Waals surface area contributed by atoms with E-state index < -0.39 is 0 Å². The van der Waals surface area contributed by atoms with Crippen molar-refractivity contribution in [2.45, 2.75) is 57.8 Å². The van der Waals surface area contributed by atoms with E-state index >= 15 is 0 Å². The fourth-order valence-electron chi connectivity index (χ4n) is 2.69. The van der Waals surface area contributed by atoms with Crippen molar-refractivity contribution in [1.29, 1.82) is 0 Å². The van der Waals surface area contributed by atoms with Crippen molar-refractivity contribution < 1.29 is 9.53 Å². The number of hydrogen-bond acceptors (Lipinski definition) is 2. The standard InChI is InChI=1S/C18H26O2/c1-2-3-4-5-6-10-13-20-18(19)17-14-16(17)15-11-8-7-9-12-15/h7-9,11-12,16-17H,2-6,10,13-14H2,1H3. The van der Waals surface area contributed by atoms with E-state index in [4.69, 9.17) is 4.74 Å². The van der Waals surface area contributed by atoms with Gasteiger partial charge in [0.2, 0.25) is 0 Å². The van der Waals surface area contributed by atoms with Crippen molar-refractivity contribution >= 4 is 5.97 Å². The van der Waals surface area contributed by atoms with Crippen LogP contribution in [-0.4, -0.2) is 12.6 Å². The van der Waals surface area contributed by atoms with E-state index in [0.717, 1.165) is 12.8 Å². The first kappa shape index (κ1) is 15.1. The largest absolute Gasteiger partial charge is 0.465 e. The highest BCUT2D eigenvalue weighted by molar-refractivity contribution is 5.77. The van der Waals surface area contributed by atoms with Crippen LogP contribution in [0.2, 0.25) is 0 Å². The molecule has 0 aromatic heterocycles. The van der Waals surface area contributed by atoms with Crippen molar-refractivity contribution in [3.05, 3.63) is 35.9 Å².